The Hall–Kier alpha value is -1.93. The number of nitrogens with one attached hydrogen (secondary N) is 2. The van der Waals surface area contributed by atoms with Gasteiger partial charge in [0.05, 0.1) is 22.6 Å². The molecule has 0 radical (unpaired) electrons. The van der Waals surface area contributed by atoms with Crippen molar-refractivity contribution in [2.24, 2.45) is 0 Å². The first-order valence-electron chi connectivity index (χ1n) is 7.23. The van der Waals surface area contributed by atoms with Crippen molar-refractivity contribution in [2.75, 3.05) is 18.8 Å². The van der Waals surface area contributed by atoms with Gasteiger partial charge in [0, 0.05) is 30.3 Å². The molecule has 0 saturated carbocycles. The third-order valence-corrected chi connectivity index (χ3v) is 4.33. The van der Waals surface area contributed by atoms with E-state index < -0.39 is 0 Å². The number of aromatic nitrogens is 5. The number of hydrogen-bond donors (Lipinski definition) is 3. The second kappa shape index (κ2) is 6.45. The molecule has 0 bridgehead atoms. The van der Waals surface area contributed by atoms with Crippen molar-refractivity contribution in [2.45, 2.75) is 19.8 Å². The van der Waals surface area contributed by atoms with E-state index in [0.29, 0.717) is 5.82 Å². The van der Waals surface area contributed by atoms with Gasteiger partial charge in [0.1, 0.15) is 5.82 Å². The quantitative estimate of drug-likeness (QED) is 0.582. The van der Waals surface area contributed by atoms with Crippen LogP contribution in [-0.2, 0) is 6.42 Å². The van der Waals surface area contributed by atoms with Crippen molar-refractivity contribution in [3.8, 4) is 11.1 Å². The fourth-order valence-corrected chi connectivity index (χ4v) is 2.77. The molecule has 3 heterocycles. The molecule has 7 nitrogen and oxygen atoms in total. The Labute approximate surface area is 136 Å². The van der Waals surface area contributed by atoms with Gasteiger partial charge < -0.3 is 11.1 Å². The van der Waals surface area contributed by atoms with Crippen LogP contribution >= 0.6 is 15.9 Å². The summed E-state index contributed by atoms with van der Waals surface area (Å²) in [5.74, 6) is 0.560. The zero-order chi connectivity index (χ0) is 15.5. The molecule has 3 aromatic heterocycles. The molecule has 0 fully saturated rings. The third kappa shape index (κ3) is 2.71. The molecule has 0 saturated heterocycles. The molecule has 0 aliphatic carbocycles. The van der Waals surface area contributed by atoms with Gasteiger partial charge in [-0.15, -0.1) is 0 Å². The highest BCUT2D eigenvalue weighted by molar-refractivity contribution is 9.10. The minimum Gasteiger partial charge on any atom is -0.383 e. The van der Waals surface area contributed by atoms with Gasteiger partial charge in [-0.1, -0.05) is 6.92 Å². The molecular weight excluding hydrogens is 346 g/mol. The van der Waals surface area contributed by atoms with Crippen LogP contribution in [0.4, 0.5) is 5.82 Å². The Morgan fingerprint density at radius 2 is 2.23 bits per heavy atom. The highest BCUT2D eigenvalue weighted by atomic mass is 79.9. The normalized spacial score (nSPS) is 11.4. The Morgan fingerprint density at radius 1 is 1.36 bits per heavy atom. The second-order valence-corrected chi connectivity index (χ2v) is 5.83. The van der Waals surface area contributed by atoms with Crippen LogP contribution in [0.25, 0.3) is 16.8 Å². The molecule has 0 aliphatic rings. The Kier molecular flexibility index (Phi) is 4.39. The molecule has 22 heavy (non-hydrogen) atoms. The summed E-state index contributed by atoms with van der Waals surface area (Å²) < 4.78 is 2.45. The molecule has 0 aromatic carbocycles. The van der Waals surface area contributed by atoms with Gasteiger partial charge in [0.15, 0.2) is 5.65 Å². The van der Waals surface area contributed by atoms with Crippen LogP contribution < -0.4 is 11.1 Å². The summed E-state index contributed by atoms with van der Waals surface area (Å²) in [5.41, 5.74) is 9.72. The van der Waals surface area contributed by atoms with E-state index >= 15 is 0 Å². The van der Waals surface area contributed by atoms with Crippen molar-refractivity contribution in [3.63, 3.8) is 0 Å². The van der Waals surface area contributed by atoms with Gasteiger partial charge in [0.2, 0.25) is 0 Å². The van der Waals surface area contributed by atoms with Crippen molar-refractivity contribution >= 4 is 27.4 Å². The largest absolute Gasteiger partial charge is 0.383 e. The van der Waals surface area contributed by atoms with Crippen LogP contribution in [-0.4, -0.2) is 37.9 Å². The maximum atomic E-state index is 6.19. The number of nitrogens with zero attached hydrogens (tertiary/aromatic N) is 4. The van der Waals surface area contributed by atoms with E-state index in [0.717, 1.165) is 52.9 Å². The topological polar surface area (TPSA) is 96.9 Å². The van der Waals surface area contributed by atoms with E-state index in [4.69, 9.17) is 10.7 Å². The Bertz CT molecular complexity index is 763. The molecule has 4 N–H and O–H groups in total. The molecule has 0 aliphatic heterocycles. The van der Waals surface area contributed by atoms with Crippen LogP contribution in [0.1, 0.15) is 19.0 Å². The van der Waals surface area contributed by atoms with E-state index in [1.54, 1.807) is 16.9 Å². The number of anilines is 1. The third-order valence-electron chi connectivity index (χ3n) is 3.47. The van der Waals surface area contributed by atoms with Gasteiger partial charge in [-0.3, -0.25) is 5.10 Å². The van der Waals surface area contributed by atoms with E-state index in [2.05, 4.69) is 43.5 Å². The lowest BCUT2D eigenvalue weighted by atomic mass is 10.2. The van der Waals surface area contributed by atoms with Crippen LogP contribution in [0.2, 0.25) is 0 Å². The molecule has 0 atom stereocenters. The molecule has 0 unspecified atom stereocenters. The van der Waals surface area contributed by atoms with Crippen LogP contribution in [0, 0.1) is 0 Å². The fourth-order valence-electron chi connectivity index (χ4n) is 2.32. The second-order valence-electron chi connectivity index (χ2n) is 5.04. The number of fused-ring (bicyclic) bond motifs is 1. The molecule has 0 amide bonds. The van der Waals surface area contributed by atoms with Crippen molar-refractivity contribution < 1.29 is 0 Å². The van der Waals surface area contributed by atoms with Gasteiger partial charge in [-0.25, -0.2) is 4.98 Å². The summed E-state index contributed by atoms with van der Waals surface area (Å²) in [4.78, 5) is 4.74. The van der Waals surface area contributed by atoms with E-state index in [1.807, 2.05) is 6.20 Å². The predicted molar refractivity (Wildman–Crippen MR) is 89.5 cm³/mol. The van der Waals surface area contributed by atoms with E-state index in [1.165, 1.54) is 0 Å². The number of H-pyrrole nitrogens is 1. The number of halogens is 1. The van der Waals surface area contributed by atoms with Crippen molar-refractivity contribution in [1.29, 1.82) is 0 Å². The zero-order valence-corrected chi connectivity index (χ0v) is 13.9. The zero-order valence-electron chi connectivity index (χ0n) is 12.3. The maximum Gasteiger partial charge on any atom is 0.165 e. The summed E-state index contributed by atoms with van der Waals surface area (Å²) in [6.07, 6.45) is 7.24. The van der Waals surface area contributed by atoms with Crippen molar-refractivity contribution in [3.05, 3.63) is 28.8 Å². The monoisotopic (exact) mass is 363 g/mol. The summed E-state index contributed by atoms with van der Waals surface area (Å²) >= 11 is 3.53. The number of rotatable bonds is 6. The van der Waals surface area contributed by atoms with Gasteiger partial charge in [0.25, 0.3) is 0 Å². The Balaban J connectivity index is 1.99. The first-order chi connectivity index (χ1) is 10.7. The predicted octanol–water partition coefficient (Wildman–Crippen LogP) is 2.01. The summed E-state index contributed by atoms with van der Waals surface area (Å²) in [7, 11) is 0. The lowest BCUT2D eigenvalue weighted by Gasteiger charge is -2.09. The number of nitrogen functional groups attached to an aromatic ring is 1. The molecule has 0 spiro atoms. The maximum absolute atomic E-state index is 6.19. The number of aromatic amines is 1. The average Bonchev–Trinajstić information content (AvgIpc) is 3.17. The number of nitrogens with two attached hydrogens (primary N) is 1. The molecule has 8 heteroatoms. The van der Waals surface area contributed by atoms with Crippen LogP contribution in [0.15, 0.2) is 23.1 Å². The van der Waals surface area contributed by atoms with Gasteiger partial charge in [-0.2, -0.15) is 14.7 Å². The Morgan fingerprint density at radius 3 is 2.95 bits per heavy atom. The molecule has 3 aromatic rings. The molecule has 116 valence electrons. The first kappa shape index (κ1) is 15.0. The van der Waals surface area contributed by atoms with Gasteiger partial charge >= 0.3 is 0 Å². The smallest absolute Gasteiger partial charge is 0.165 e. The van der Waals surface area contributed by atoms with E-state index in [-0.39, 0.29) is 0 Å². The summed E-state index contributed by atoms with van der Waals surface area (Å²) in [5, 5.41) is 14.5. The minimum atomic E-state index is 0.560. The highest BCUT2D eigenvalue weighted by Crippen LogP contribution is 2.29. The van der Waals surface area contributed by atoms with Crippen LogP contribution in [0.3, 0.4) is 0 Å². The fraction of sp³-hybridized carbons (Fsp3) is 0.357. The average molecular weight is 364 g/mol. The molecular formula is C14H18BrN7. The standard InChI is InChI=1S/C14H18BrN7/c1-2-4-17-5-3-11-12(15)13(16)22-14(21-11)10(8-20-22)9-6-18-19-7-9/h6-8,17H,2-5,16H2,1H3,(H,18,19). The molecule has 3 rings (SSSR count). The highest BCUT2D eigenvalue weighted by Gasteiger charge is 2.16. The SMILES string of the molecule is CCCNCCc1nc2c(-c3cn[nH]c3)cnn2c(N)c1Br. The number of hydrogen-bond acceptors (Lipinski definition) is 5. The van der Waals surface area contributed by atoms with Crippen molar-refractivity contribution in [1.82, 2.24) is 30.1 Å². The van der Waals surface area contributed by atoms with Crippen LogP contribution in [0.5, 0.6) is 0 Å². The lowest BCUT2D eigenvalue weighted by molar-refractivity contribution is 0.664. The van der Waals surface area contributed by atoms with Gasteiger partial charge in [-0.05, 0) is 28.9 Å². The summed E-state index contributed by atoms with van der Waals surface area (Å²) in [6.45, 7) is 4.02. The van der Waals surface area contributed by atoms with E-state index in [9.17, 15) is 0 Å². The first-order valence-corrected chi connectivity index (χ1v) is 8.03. The minimum absolute atomic E-state index is 0.560. The lowest BCUT2D eigenvalue weighted by Crippen LogP contribution is -2.19. The summed E-state index contributed by atoms with van der Waals surface area (Å²) in [6, 6.07) is 0.